The monoisotopic (exact) mass is 248 g/mol. The fraction of sp³-hybridized carbons (Fsp3) is 0.333. The van der Waals surface area contributed by atoms with Crippen molar-refractivity contribution >= 4 is 27.5 Å². The molecule has 64 valence electrons. The molecule has 3 heteroatoms. The van der Waals surface area contributed by atoms with E-state index in [1.54, 1.807) is 12.1 Å². The third-order valence-electron chi connectivity index (χ3n) is 2.08. The number of halogens is 3. The highest BCUT2D eigenvalue weighted by molar-refractivity contribution is 9.09. The second-order valence-corrected chi connectivity index (χ2v) is 4.58. The van der Waals surface area contributed by atoms with Gasteiger partial charge in [-0.3, -0.25) is 0 Å². The van der Waals surface area contributed by atoms with Gasteiger partial charge in [-0.15, -0.1) is 0 Å². The highest BCUT2D eigenvalue weighted by atomic mass is 79.9. The predicted octanol–water partition coefficient (Wildman–Crippen LogP) is 3.73. The minimum absolute atomic E-state index is 0.186. The van der Waals surface area contributed by atoms with Crippen LogP contribution < -0.4 is 0 Å². The van der Waals surface area contributed by atoms with Gasteiger partial charge in [0.1, 0.15) is 5.82 Å². The van der Waals surface area contributed by atoms with Gasteiger partial charge in [-0.1, -0.05) is 33.6 Å². The molecule has 12 heavy (non-hydrogen) atoms. The van der Waals surface area contributed by atoms with E-state index in [9.17, 15) is 4.39 Å². The Labute approximate surface area is 83.9 Å². The maximum atomic E-state index is 13.2. The summed E-state index contributed by atoms with van der Waals surface area (Å²) in [6.45, 7) is 0. The average Bonchev–Trinajstić information content (AvgIpc) is 2.67. The highest BCUT2D eigenvalue weighted by Gasteiger charge is 2.39. The predicted molar refractivity (Wildman–Crippen MR) is 51.5 cm³/mol. The van der Waals surface area contributed by atoms with Crippen molar-refractivity contribution in [3.05, 3.63) is 34.6 Å². The van der Waals surface area contributed by atoms with Crippen LogP contribution in [0, 0.1) is 5.82 Å². The minimum Gasteiger partial charge on any atom is -0.207 e. The topological polar surface area (TPSA) is 0 Å². The molecule has 2 atom stereocenters. The Balaban J connectivity index is 2.41. The molecule has 1 aromatic rings. The molecule has 0 spiro atoms. The van der Waals surface area contributed by atoms with Crippen LogP contribution in [0.15, 0.2) is 18.2 Å². The van der Waals surface area contributed by atoms with Gasteiger partial charge in [0.15, 0.2) is 0 Å². The molecule has 0 bridgehead atoms. The van der Waals surface area contributed by atoms with Crippen LogP contribution in [0.2, 0.25) is 5.02 Å². The second kappa shape index (κ2) is 3.00. The molecule has 1 aliphatic carbocycles. The second-order valence-electron chi connectivity index (χ2n) is 2.99. The third kappa shape index (κ3) is 1.38. The average molecular weight is 250 g/mol. The molecule has 0 radical (unpaired) electrons. The van der Waals surface area contributed by atoms with Gasteiger partial charge < -0.3 is 0 Å². The normalized spacial score (nSPS) is 27.2. The summed E-state index contributed by atoms with van der Waals surface area (Å²) in [7, 11) is 0. The van der Waals surface area contributed by atoms with E-state index >= 15 is 0 Å². The summed E-state index contributed by atoms with van der Waals surface area (Å²) in [6.07, 6.45) is 0.987. The first-order valence-corrected chi connectivity index (χ1v) is 5.07. The molecule has 2 rings (SSSR count). The Morgan fingerprint density at radius 1 is 1.50 bits per heavy atom. The van der Waals surface area contributed by atoms with E-state index in [1.165, 1.54) is 6.07 Å². The molecule has 0 saturated heterocycles. The zero-order valence-corrected chi connectivity index (χ0v) is 8.57. The van der Waals surface area contributed by atoms with E-state index in [4.69, 9.17) is 11.6 Å². The van der Waals surface area contributed by atoms with Crippen molar-refractivity contribution in [1.82, 2.24) is 0 Å². The number of benzene rings is 1. The number of hydrogen-bond acceptors (Lipinski definition) is 0. The molecule has 0 amide bonds. The van der Waals surface area contributed by atoms with Crippen molar-refractivity contribution in [2.45, 2.75) is 17.2 Å². The van der Waals surface area contributed by atoms with E-state index < -0.39 is 0 Å². The molecule has 2 unspecified atom stereocenters. The zero-order valence-electron chi connectivity index (χ0n) is 6.23. The summed E-state index contributed by atoms with van der Waals surface area (Å²) in [5, 5.41) is 0.543. The molecule has 0 N–H and O–H groups in total. The van der Waals surface area contributed by atoms with Crippen molar-refractivity contribution < 1.29 is 4.39 Å². The summed E-state index contributed by atoms with van der Waals surface area (Å²) < 4.78 is 13.2. The summed E-state index contributed by atoms with van der Waals surface area (Å²) >= 11 is 9.30. The van der Waals surface area contributed by atoms with Gasteiger partial charge in [0.2, 0.25) is 0 Å². The SMILES string of the molecule is Fc1cccc(Cl)c1C1CC1Br. The first-order chi connectivity index (χ1) is 5.70. The Bertz CT molecular complexity index is 293. The maximum absolute atomic E-state index is 13.2. The van der Waals surface area contributed by atoms with Crippen LogP contribution in [-0.2, 0) is 0 Å². The van der Waals surface area contributed by atoms with Crippen molar-refractivity contribution in [2.75, 3.05) is 0 Å². The lowest BCUT2D eigenvalue weighted by Crippen LogP contribution is -1.89. The number of rotatable bonds is 1. The van der Waals surface area contributed by atoms with E-state index in [0.717, 1.165) is 6.42 Å². The van der Waals surface area contributed by atoms with Gasteiger partial charge in [-0.05, 0) is 18.6 Å². The van der Waals surface area contributed by atoms with Gasteiger partial charge in [-0.25, -0.2) is 4.39 Å². The van der Waals surface area contributed by atoms with E-state index in [0.29, 0.717) is 15.4 Å². The zero-order chi connectivity index (χ0) is 8.72. The maximum Gasteiger partial charge on any atom is 0.128 e. The van der Waals surface area contributed by atoms with Gasteiger partial charge in [0.05, 0.1) is 0 Å². The van der Waals surface area contributed by atoms with Gasteiger partial charge in [0, 0.05) is 21.3 Å². The Kier molecular flexibility index (Phi) is 2.13. The quantitative estimate of drug-likeness (QED) is 0.665. The van der Waals surface area contributed by atoms with Crippen LogP contribution in [0.1, 0.15) is 17.9 Å². The van der Waals surface area contributed by atoms with Crippen LogP contribution >= 0.6 is 27.5 Å². The largest absolute Gasteiger partial charge is 0.207 e. The first-order valence-electron chi connectivity index (χ1n) is 3.78. The lowest BCUT2D eigenvalue weighted by Gasteiger charge is -2.02. The third-order valence-corrected chi connectivity index (χ3v) is 3.42. The molecule has 0 nitrogen and oxygen atoms in total. The Morgan fingerprint density at radius 2 is 2.17 bits per heavy atom. The van der Waals surface area contributed by atoms with E-state index in [-0.39, 0.29) is 11.7 Å². The summed E-state index contributed by atoms with van der Waals surface area (Å²) in [5.41, 5.74) is 0.668. The van der Waals surface area contributed by atoms with Gasteiger partial charge in [-0.2, -0.15) is 0 Å². The highest BCUT2D eigenvalue weighted by Crippen LogP contribution is 2.49. The lowest BCUT2D eigenvalue weighted by atomic mass is 10.1. The van der Waals surface area contributed by atoms with Gasteiger partial charge in [0.25, 0.3) is 0 Å². The minimum atomic E-state index is -0.186. The molecule has 0 heterocycles. The molecule has 1 saturated carbocycles. The Hall–Kier alpha value is -0.0800. The number of alkyl halides is 1. The summed E-state index contributed by atoms with van der Waals surface area (Å²) in [5.74, 6) is 0.0909. The van der Waals surface area contributed by atoms with Crippen molar-refractivity contribution in [1.29, 1.82) is 0 Å². The lowest BCUT2D eigenvalue weighted by molar-refractivity contribution is 0.611. The van der Waals surface area contributed by atoms with Crippen LogP contribution in [0.5, 0.6) is 0 Å². The molecule has 1 aliphatic rings. The molecular weight excluding hydrogens is 242 g/mol. The van der Waals surface area contributed by atoms with Crippen LogP contribution in [0.4, 0.5) is 4.39 Å². The van der Waals surface area contributed by atoms with Crippen LogP contribution in [-0.4, -0.2) is 4.83 Å². The first kappa shape index (κ1) is 8.52. The summed E-state index contributed by atoms with van der Waals surface area (Å²) in [6, 6.07) is 4.82. The standard InChI is InChI=1S/C9H7BrClF/c10-6-4-5(6)9-7(11)2-1-3-8(9)12/h1-3,5-6H,4H2. The van der Waals surface area contributed by atoms with E-state index in [1.807, 2.05) is 0 Å². The van der Waals surface area contributed by atoms with Crippen molar-refractivity contribution in [3.63, 3.8) is 0 Å². The molecule has 1 aromatic carbocycles. The summed E-state index contributed by atoms with van der Waals surface area (Å²) in [4.78, 5) is 0.409. The van der Waals surface area contributed by atoms with E-state index in [2.05, 4.69) is 15.9 Å². The van der Waals surface area contributed by atoms with Gasteiger partial charge >= 0.3 is 0 Å². The van der Waals surface area contributed by atoms with Crippen molar-refractivity contribution in [3.8, 4) is 0 Å². The van der Waals surface area contributed by atoms with Crippen LogP contribution in [0.3, 0.4) is 0 Å². The molecule has 0 aromatic heterocycles. The Morgan fingerprint density at radius 3 is 2.67 bits per heavy atom. The fourth-order valence-corrected chi connectivity index (χ4v) is 2.30. The number of hydrogen-bond donors (Lipinski definition) is 0. The molecule has 0 aliphatic heterocycles. The molecule has 1 fully saturated rings. The van der Waals surface area contributed by atoms with Crippen molar-refractivity contribution in [2.24, 2.45) is 0 Å². The molecular formula is C9H7BrClF. The smallest absolute Gasteiger partial charge is 0.128 e. The van der Waals surface area contributed by atoms with Crippen LogP contribution in [0.25, 0.3) is 0 Å². The fourth-order valence-electron chi connectivity index (χ4n) is 1.33.